The monoisotopic (exact) mass is 1270 g/mol. The van der Waals surface area contributed by atoms with Crippen molar-refractivity contribution in [2.45, 2.75) is 245 Å². The molecule has 4 heteroatoms. The minimum Gasteiger partial charge on any atom is -0.0654 e. The van der Waals surface area contributed by atoms with Gasteiger partial charge in [0.1, 0.15) is 0 Å². The third kappa shape index (κ3) is 15.8. The van der Waals surface area contributed by atoms with E-state index in [2.05, 4.69) is 250 Å². The van der Waals surface area contributed by atoms with Crippen LogP contribution in [0.15, 0.2) is 194 Å². The van der Waals surface area contributed by atoms with Crippen molar-refractivity contribution in [3.8, 4) is 0 Å². The van der Waals surface area contributed by atoms with Crippen LogP contribution in [0.25, 0.3) is 0 Å². The summed E-state index contributed by atoms with van der Waals surface area (Å²) in [6.07, 6.45) is 32.6. The predicted octanol–water partition coefficient (Wildman–Crippen LogP) is 22.2. The Hall–Kier alpha value is -4.52. The van der Waals surface area contributed by atoms with Gasteiger partial charge in [0.05, 0.1) is 0 Å². The third-order valence-electron chi connectivity index (χ3n) is 19.7. The normalized spacial score (nSPS) is 13.9. The molecular formula is C86H112P4. The topological polar surface area (TPSA) is 0 Å². The van der Waals surface area contributed by atoms with Crippen LogP contribution in [-0.2, 0) is 51.4 Å². The molecule has 0 nitrogen and oxygen atoms in total. The van der Waals surface area contributed by atoms with Crippen LogP contribution in [0.2, 0.25) is 0 Å². The Balaban J connectivity index is 1.71. The number of unbranched alkanes of at least 4 members (excludes halogenated alkanes) is 8. The number of rotatable bonds is 36. The van der Waals surface area contributed by atoms with E-state index in [4.69, 9.17) is 0 Å². The number of benzene rings is 8. The molecule has 0 heterocycles. The highest BCUT2D eigenvalue weighted by molar-refractivity contribution is 7.98. The maximum atomic E-state index is 2.76. The molecule has 1 fully saturated rings. The minimum absolute atomic E-state index is 0.311. The van der Waals surface area contributed by atoms with Crippen molar-refractivity contribution in [3.63, 3.8) is 0 Å². The van der Waals surface area contributed by atoms with Crippen LogP contribution >= 0.6 is 31.7 Å². The molecule has 476 valence electrons. The maximum Gasteiger partial charge on any atom is 0.0414 e. The molecule has 90 heavy (non-hydrogen) atoms. The summed E-state index contributed by atoms with van der Waals surface area (Å²) in [6, 6.07) is 82.6. The lowest BCUT2D eigenvalue weighted by atomic mass is 9.97. The Morgan fingerprint density at radius 3 is 0.478 bits per heavy atom. The van der Waals surface area contributed by atoms with Gasteiger partial charge in [-0.2, -0.15) is 0 Å². The summed E-state index contributed by atoms with van der Waals surface area (Å²) in [5, 5.41) is 13.5. The molecule has 0 N–H and O–H groups in total. The summed E-state index contributed by atoms with van der Waals surface area (Å²) >= 11 is 0. The van der Waals surface area contributed by atoms with Gasteiger partial charge in [0.15, 0.2) is 0 Å². The zero-order chi connectivity index (χ0) is 63.0. The first-order chi connectivity index (χ1) is 44.4. The number of hydrogen-bond acceptors (Lipinski definition) is 0. The van der Waals surface area contributed by atoms with Crippen molar-refractivity contribution in [3.05, 3.63) is 239 Å². The van der Waals surface area contributed by atoms with E-state index >= 15 is 0 Å². The smallest absolute Gasteiger partial charge is 0.0414 e. The lowest BCUT2D eigenvalue weighted by molar-refractivity contribution is 0.462. The van der Waals surface area contributed by atoms with Gasteiger partial charge in [0, 0.05) is 9.79 Å². The minimum atomic E-state index is -1.20. The fourth-order valence-corrected chi connectivity index (χ4v) is 35.0. The van der Waals surface area contributed by atoms with Crippen molar-refractivity contribution >= 4 is 74.1 Å². The zero-order valence-electron chi connectivity index (χ0n) is 57.1. The van der Waals surface area contributed by atoms with Crippen LogP contribution in [0.1, 0.15) is 228 Å². The third-order valence-corrected chi connectivity index (χ3v) is 35.5. The van der Waals surface area contributed by atoms with Crippen molar-refractivity contribution in [2.24, 2.45) is 0 Å². The molecule has 0 radical (unpaired) electrons. The van der Waals surface area contributed by atoms with Gasteiger partial charge in [-0.15, -0.1) is 0 Å². The van der Waals surface area contributed by atoms with E-state index in [-0.39, 0.29) is 9.79 Å². The van der Waals surface area contributed by atoms with Gasteiger partial charge >= 0.3 is 0 Å². The lowest BCUT2D eigenvalue weighted by Gasteiger charge is -2.67. The SMILES string of the molecule is CCCCc1ccccc1P(c1ccccc1CCCC)C1(P(c2ccccc2CCCC)c2ccccc2CCCC)CCCCC1(P(c1ccccc1CCCC)c1ccccc1CCCC)P(c1ccccc1CCCC)c1ccccc1CCCC. The first-order valence-electron chi connectivity index (χ1n) is 36.2. The van der Waals surface area contributed by atoms with Crippen LogP contribution in [0.5, 0.6) is 0 Å². The van der Waals surface area contributed by atoms with Crippen molar-refractivity contribution < 1.29 is 0 Å². The van der Waals surface area contributed by atoms with Crippen LogP contribution in [0.4, 0.5) is 0 Å². The van der Waals surface area contributed by atoms with Crippen LogP contribution in [0, 0.1) is 0 Å². The van der Waals surface area contributed by atoms with E-state index in [1.165, 1.54) is 128 Å². The van der Waals surface area contributed by atoms with Gasteiger partial charge in [-0.25, -0.2) is 0 Å². The predicted molar refractivity (Wildman–Crippen MR) is 409 cm³/mol. The molecule has 0 unspecified atom stereocenters. The van der Waals surface area contributed by atoms with Gasteiger partial charge in [-0.05, 0) is 234 Å². The van der Waals surface area contributed by atoms with Gasteiger partial charge in [-0.3, -0.25) is 0 Å². The van der Waals surface area contributed by atoms with Gasteiger partial charge in [-0.1, -0.05) is 314 Å². The van der Waals surface area contributed by atoms with E-state index in [9.17, 15) is 0 Å². The summed E-state index contributed by atoms with van der Waals surface area (Å²) in [4.78, 5) is -0.623. The molecule has 0 bridgehead atoms. The summed E-state index contributed by atoms with van der Waals surface area (Å²) < 4.78 is 0. The fraction of sp³-hybridized carbons (Fsp3) is 0.442. The summed E-state index contributed by atoms with van der Waals surface area (Å²) in [5.41, 5.74) is 12.9. The summed E-state index contributed by atoms with van der Waals surface area (Å²) in [7, 11) is -4.80. The Morgan fingerprint density at radius 1 is 0.211 bits per heavy atom. The highest BCUT2D eigenvalue weighted by Crippen LogP contribution is 2.87. The average Bonchev–Trinajstić information content (AvgIpc) is 0.670. The second-order valence-electron chi connectivity index (χ2n) is 26.0. The summed E-state index contributed by atoms with van der Waals surface area (Å²) in [6.45, 7) is 19.4. The van der Waals surface area contributed by atoms with Crippen molar-refractivity contribution in [1.29, 1.82) is 0 Å². The second kappa shape index (κ2) is 36.2. The van der Waals surface area contributed by atoms with Gasteiger partial charge < -0.3 is 0 Å². The molecule has 1 saturated carbocycles. The second-order valence-corrected chi connectivity index (χ2v) is 36.3. The average molecular weight is 1270 g/mol. The van der Waals surface area contributed by atoms with Gasteiger partial charge in [0.25, 0.3) is 0 Å². The van der Waals surface area contributed by atoms with Crippen molar-refractivity contribution in [2.75, 3.05) is 0 Å². The largest absolute Gasteiger partial charge is 0.0654 e. The van der Waals surface area contributed by atoms with E-state index < -0.39 is 31.7 Å². The molecule has 1 aliphatic rings. The van der Waals surface area contributed by atoms with Gasteiger partial charge in [0.2, 0.25) is 0 Å². The molecular weight excluding hydrogens is 1160 g/mol. The van der Waals surface area contributed by atoms with E-state index in [1.807, 2.05) is 0 Å². The fourth-order valence-electron chi connectivity index (χ4n) is 15.1. The Labute approximate surface area is 554 Å². The Bertz CT molecular complexity index is 2780. The molecule has 0 atom stereocenters. The van der Waals surface area contributed by atoms with Crippen LogP contribution < -0.4 is 42.4 Å². The molecule has 0 spiro atoms. The molecule has 1 aliphatic carbocycles. The lowest BCUT2D eigenvalue weighted by Crippen LogP contribution is -2.61. The van der Waals surface area contributed by atoms with E-state index in [0.717, 1.165) is 51.4 Å². The number of hydrogen-bond donors (Lipinski definition) is 0. The molecule has 8 aromatic rings. The highest BCUT2D eigenvalue weighted by Gasteiger charge is 2.69. The first-order valence-corrected chi connectivity index (χ1v) is 41.6. The van der Waals surface area contributed by atoms with E-state index in [1.54, 1.807) is 86.9 Å². The van der Waals surface area contributed by atoms with E-state index in [0.29, 0.717) is 0 Å². The molecule has 0 aliphatic heterocycles. The number of aryl methyl sites for hydroxylation is 8. The van der Waals surface area contributed by atoms with Crippen LogP contribution in [0.3, 0.4) is 0 Å². The van der Waals surface area contributed by atoms with Crippen LogP contribution in [-0.4, -0.2) is 9.79 Å². The maximum absolute atomic E-state index is 2.76. The first kappa shape index (κ1) is 69.8. The highest BCUT2D eigenvalue weighted by atomic mass is 31.2. The van der Waals surface area contributed by atoms with Crippen molar-refractivity contribution in [1.82, 2.24) is 0 Å². The standard InChI is InChI=1S/C86H112P4/c1-9-17-43-69-51-25-33-59-77(69)87(78-60-34-26-52-70(78)44-18-10-2)85(88(79-61-35-27-53-71(79)45-19-11-3)80-62-36-28-54-72(80)46-20-12-4)67-41-42-68-86(85,89(81-63-37-29-55-73(81)47-21-13-5)82-64-38-30-56-74(82)48-22-14-6)90(83-65-39-31-57-75(83)49-23-15-7)84-66-40-32-58-76(84)50-24-16-8/h25-40,51-66H,9-24,41-50,67-68H2,1-8H3. The molecule has 8 aromatic carbocycles. The molecule has 0 aromatic heterocycles. The Kier molecular flexibility index (Phi) is 28.1. The molecule has 0 saturated heterocycles. The quantitative estimate of drug-likeness (QED) is 0.0343. The summed E-state index contributed by atoms with van der Waals surface area (Å²) in [5.74, 6) is 0. The molecule has 0 amide bonds. The zero-order valence-corrected chi connectivity index (χ0v) is 60.6. The Morgan fingerprint density at radius 2 is 0.344 bits per heavy atom. The molecule has 9 rings (SSSR count).